The number of hydrogen-bond donors (Lipinski definition) is 1. The molecule has 0 unspecified atom stereocenters. The molecular weight excluding hydrogens is 352 g/mol. The summed E-state index contributed by atoms with van der Waals surface area (Å²) in [5, 5.41) is 2.13. The normalized spacial score (nSPS) is 10.3. The summed E-state index contributed by atoms with van der Waals surface area (Å²) in [6.07, 6.45) is 0. The Kier molecular flexibility index (Phi) is 6.05. The second-order valence-electron chi connectivity index (χ2n) is 4.99. The van der Waals surface area contributed by atoms with Gasteiger partial charge in [-0.15, -0.1) is 11.3 Å². The van der Waals surface area contributed by atoms with Crippen LogP contribution in [0, 0.1) is 0 Å². The highest BCUT2D eigenvalue weighted by atomic mass is 35.5. The molecule has 8 heteroatoms. The van der Waals surface area contributed by atoms with Crippen molar-refractivity contribution in [3.8, 4) is 11.5 Å². The summed E-state index contributed by atoms with van der Waals surface area (Å²) in [7, 11) is 3.13. The topological polar surface area (TPSA) is 81.9 Å². The molecule has 6 nitrogen and oxygen atoms in total. The zero-order valence-corrected chi connectivity index (χ0v) is 14.8. The van der Waals surface area contributed by atoms with Crippen molar-refractivity contribution in [1.82, 2.24) is 4.90 Å². The summed E-state index contributed by atoms with van der Waals surface area (Å²) >= 11 is 7.74. The average molecular weight is 369 g/mol. The molecule has 0 fully saturated rings. The zero-order chi connectivity index (χ0) is 17.7. The Morgan fingerprint density at radius 1 is 1.38 bits per heavy atom. The average Bonchev–Trinajstić information content (AvgIpc) is 3.04. The van der Waals surface area contributed by atoms with Crippen LogP contribution in [0.2, 0.25) is 5.02 Å². The molecule has 2 amide bonds. The molecule has 0 spiro atoms. The summed E-state index contributed by atoms with van der Waals surface area (Å²) < 4.78 is 10.5. The molecule has 1 aromatic heterocycles. The van der Waals surface area contributed by atoms with Gasteiger partial charge in [0.2, 0.25) is 0 Å². The van der Waals surface area contributed by atoms with Crippen molar-refractivity contribution >= 4 is 34.8 Å². The number of ether oxygens (including phenoxy) is 2. The van der Waals surface area contributed by atoms with Gasteiger partial charge in [0.1, 0.15) is 0 Å². The number of hydrogen-bond acceptors (Lipinski definition) is 5. The van der Waals surface area contributed by atoms with Gasteiger partial charge in [0.05, 0.1) is 18.7 Å². The number of nitrogens with two attached hydrogens (primary N) is 1. The van der Waals surface area contributed by atoms with Crippen LogP contribution in [0.15, 0.2) is 29.6 Å². The van der Waals surface area contributed by atoms with E-state index in [2.05, 4.69) is 0 Å². The Hall–Kier alpha value is -2.25. The first-order valence-electron chi connectivity index (χ1n) is 6.99. The third kappa shape index (κ3) is 4.39. The Balaban J connectivity index is 2.22. The summed E-state index contributed by atoms with van der Waals surface area (Å²) in [6.45, 7) is 0.165. The van der Waals surface area contributed by atoms with Crippen molar-refractivity contribution in [1.29, 1.82) is 0 Å². The molecule has 2 aromatic rings. The number of methoxy groups -OCH3 is 1. The van der Waals surface area contributed by atoms with E-state index in [-0.39, 0.29) is 29.0 Å². The summed E-state index contributed by atoms with van der Waals surface area (Å²) in [5.74, 6) is -0.402. The van der Waals surface area contributed by atoms with E-state index in [1.807, 2.05) is 17.5 Å². The van der Waals surface area contributed by atoms with Crippen LogP contribution in [0.25, 0.3) is 0 Å². The smallest absolute Gasteiger partial charge is 0.255 e. The maximum atomic E-state index is 12.6. The third-order valence-corrected chi connectivity index (χ3v) is 4.30. The molecule has 0 saturated carbocycles. The van der Waals surface area contributed by atoms with Crippen molar-refractivity contribution in [2.24, 2.45) is 5.73 Å². The van der Waals surface area contributed by atoms with Crippen LogP contribution in [-0.2, 0) is 11.3 Å². The molecule has 1 aromatic carbocycles. The lowest BCUT2D eigenvalue weighted by Crippen LogP contribution is -2.26. The highest BCUT2D eigenvalue weighted by Crippen LogP contribution is 2.36. The molecule has 2 N–H and O–H groups in total. The fraction of sp³-hybridized carbons (Fsp3) is 0.250. The van der Waals surface area contributed by atoms with E-state index in [9.17, 15) is 9.59 Å². The molecule has 0 radical (unpaired) electrons. The van der Waals surface area contributed by atoms with Gasteiger partial charge in [-0.05, 0) is 23.6 Å². The van der Waals surface area contributed by atoms with E-state index < -0.39 is 5.91 Å². The minimum Gasteiger partial charge on any atom is -0.493 e. The molecular formula is C16H17ClN2O4S. The minimum absolute atomic E-state index is 0.170. The van der Waals surface area contributed by atoms with Crippen molar-refractivity contribution < 1.29 is 19.1 Å². The van der Waals surface area contributed by atoms with Crippen molar-refractivity contribution in [2.45, 2.75) is 6.54 Å². The van der Waals surface area contributed by atoms with Crippen molar-refractivity contribution in [3.63, 3.8) is 0 Å². The highest BCUT2D eigenvalue weighted by Gasteiger charge is 2.19. The van der Waals surface area contributed by atoms with Gasteiger partial charge in [0.15, 0.2) is 18.1 Å². The summed E-state index contributed by atoms with van der Waals surface area (Å²) in [4.78, 5) is 26.1. The van der Waals surface area contributed by atoms with Crippen LogP contribution < -0.4 is 15.2 Å². The van der Waals surface area contributed by atoms with Crippen LogP contribution in [-0.4, -0.2) is 37.5 Å². The van der Waals surface area contributed by atoms with Crippen LogP contribution in [0.1, 0.15) is 15.2 Å². The molecule has 0 saturated heterocycles. The van der Waals surface area contributed by atoms with E-state index in [1.54, 1.807) is 23.3 Å². The Labute approximate surface area is 148 Å². The van der Waals surface area contributed by atoms with Crippen molar-refractivity contribution in [3.05, 3.63) is 45.1 Å². The van der Waals surface area contributed by atoms with Crippen LogP contribution in [0.3, 0.4) is 0 Å². The van der Waals surface area contributed by atoms with Crippen LogP contribution >= 0.6 is 22.9 Å². The van der Waals surface area contributed by atoms with Gasteiger partial charge >= 0.3 is 0 Å². The lowest BCUT2D eigenvalue weighted by atomic mass is 10.1. The number of amides is 2. The highest BCUT2D eigenvalue weighted by molar-refractivity contribution is 7.09. The Bertz CT molecular complexity index is 734. The Morgan fingerprint density at radius 2 is 2.12 bits per heavy atom. The van der Waals surface area contributed by atoms with Gasteiger partial charge < -0.3 is 20.1 Å². The molecule has 0 aliphatic rings. The molecule has 0 bridgehead atoms. The maximum Gasteiger partial charge on any atom is 0.255 e. The number of halogens is 1. The summed E-state index contributed by atoms with van der Waals surface area (Å²) in [5.41, 5.74) is 5.42. The van der Waals surface area contributed by atoms with E-state index in [0.717, 1.165) is 4.88 Å². The van der Waals surface area contributed by atoms with E-state index in [4.69, 9.17) is 26.8 Å². The minimum atomic E-state index is -0.635. The predicted molar refractivity (Wildman–Crippen MR) is 92.8 cm³/mol. The van der Waals surface area contributed by atoms with Gasteiger partial charge in [-0.25, -0.2) is 0 Å². The number of primary amides is 1. The number of carbonyl (C=O) groups is 2. The van der Waals surface area contributed by atoms with E-state index >= 15 is 0 Å². The first-order chi connectivity index (χ1) is 11.4. The maximum absolute atomic E-state index is 12.6. The quantitative estimate of drug-likeness (QED) is 0.814. The largest absolute Gasteiger partial charge is 0.493 e. The zero-order valence-electron chi connectivity index (χ0n) is 13.2. The first-order valence-corrected chi connectivity index (χ1v) is 8.24. The fourth-order valence-corrected chi connectivity index (χ4v) is 3.08. The molecule has 0 aliphatic carbocycles. The second-order valence-corrected chi connectivity index (χ2v) is 6.42. The summed E-state index contributed by atoms with van der Waals surface area (Å²) in [6, 6.07) is 6.90. The first kappa shape index (κ1) is 18.1. The molecule has 2 rings (SSSR count). The number of nitrogens with zero attached hydrogens (tertiary/aromatic N) is 1. The Morgan fingerprint density at radius 3 is 2.71 bits per heavy atom. The SMILES string of the molecule is COc1cc(C(=O)N(C)Cc2cccs2)cc(Cl)c1OCC(N)=O. The monoisotopic (exact) mass is 368 g/mol. The van der Waals surface area contributed by atoms with Crippen LogP contribution in [0.4, 0.5) is 0 Å². The van der Waals surface area contributed by atoms with Gasteiger partial charge in [-0.1, -0.05) is 17.7 Å². The van der Waals surface area contributed by atoms with Gasteiger partial charge in [-0.2, -0.15) is 0 Å². The van der Waals surface area contributed by atoms with Gasteiger partial charge in [-0.3, -0.25) is 9.59 Å². The number of carbonyl (C=O) groups excluding carboxylic acids is 2. The predicted octanol–water partition coefficient (Wildman–Crippen LogP) is 2.55. The molecule has 1 heterocycles. The lowest BCUT2D eigenvalue weighted by Gasteiger charge is -2.18. The lowest BCUT2D eigenvalue weighted by molar-refractivity contribution is -0.119. The number of rotatable bonds is 7. The van der Waals surface area contributed by atoms with Crippen molar-refractivity contribution in [2.75, 3.05) is 20.8 Å². The molecule has 24 heavy (non-hydrogen) atoms. The molecule has 0 aliphatic heterocycles. The molecule has 128 valence electrons. The fourth-order valence-electron chi connectivity index (χ4n) is 2.06. The van der Waals surface area contributed by atoms with Gasteiger partial charge in [0.25, 0.3) is 11.8 Å². The van der Waals surface area contributed by atoms with Crippen LogP contribution in [0.5, 0.6) is 11.5 Å². The number of benzene rings is 1. The van der Waals surface area contributed by atoms with E-state index in [1.165, 1.54) is 19.2 Å². The standard InChI is InChI=1S/C16H17ClN2O4S/c1-19(8-11-4-3-5-24-11)16(21)10-6-12(17)15(13(7-10)22-2)23-9-14(18)20/h3-7H,8-9H2,1-2H3,(H2,18,20). The molecule has 0 atom stereocenters. The van der Waals surface area contributed by atoms with Gasteiger partial charge in [0, 0.05) is 17.5 Å². The third-order valence-electron chi connectivity index (χ3n) is 3.15. The second kappa shape index (κ2) is 8.03. The van der Waals surface area contributed by atoms with E-state index in [0.29, 0.717) is 12.1 Å². The number of thiophene rings is 1.